The number of nitrogens with zero attached hydrogens (tertiary/aromatic N) is 1. The van der Waals surface area contributed by atoms with Crippen molar-refractivity contribution in [2.75, 3.05) is 46.1 Å². The zero-order chi connectivity index (χ0) is 16.8. The summed E-state index contributed by atoms with van der Waals surface area (Å²) in [5.74, 6) is 1.79. The lowest BCUT2D eigenvalue weighted by atomic mass is 9.84. The van der Waals surface area contributed by atoms with Crippen LogP contribution in [0.1, 0.15) is 31.7 Å². The number of aliphatic hydroxyl groups excluding tert-OH is 1. The van der Waals surface area contributed by atoms with Crippen LogP contribution in [0, 0.1) is 11.3 Å². The summed E-state index contributed by atoms with van der Waals surface area (Å²) in [4.78, 5) is 2.52. The molecule has 4 heteroatoms. The van der Waals surface area contributed by atoms with E-state index < -0.39 is 0 Å². The number of piperidine rings is 1. The van der Waals surface area contributed by atoms with Crippen LogP contribution in [0.15, 0.2) is 24.3 Å². The van der Waals surface area contributed by atoms with Gasteiger partial charge in [-0.05, 0) is 69.3 Å². The van der Waals surface area contributed by atoms with Gasteiger partial charge in [0, 0.05) is 6.54 Å². The molecule has 1 aromatic rings. The van der Waals surface area contributed by atoms with Gasteiger partial charge in [-0.2, -0.15) is 0 Å². The Labute approximate surface area is 145 Å². The lowest BCUT2D eigenvalue weighted by Gasteiger charge is -2.45. The standard InChI is InChI=1S/C20H31NO3/c1-2-24-19-7-5-17(6-8-19)3-4-18-9-11-21(12-10-18)13-20(14-22)15-23-16-20/h5-8,18,22H,2-4,9-16H2,1H3. The summed E-state index contributed by atoms with van der Waals surface area (Å²) in [6, 6.07) is 8.55. The van der Waals surface area contributed by atoms with Crippen molar-refractivity contribution < 1.29 is 14.6 Å². The lowest BCUT2D eigenvalue weighted by Crippen LogP contribution is -2.54. The van der Waals surface area contributed by atoms with Crippen molar-refractivity contribution in [1.29, 1.82) is 0 Å². The van der Waals surface area contributed by atoms with Crippen molar-refractivity contribution in [3.8, 4) is 5.75 Å². The first-order valence-electron chi connectivity index (χ1n) is 9.36. The Kier molecular flexibility index (Phi) is 6.14. The Morgan fingerprint density at radius 3 is 2.46 bits per heavy atom. The molecule has 0 bridgehead atoms. The summed E-state index contributed by atoms with van der Waals surface area (Å²) in [6.07, 6.45) is 4.99. The molecule has 0 aromatic heterocycles. The van der Waals surface area contributed by atoms with Gasteiger partial charge in [0.2, 0.25) is 0 Å². The fourth-order valence-corrected chi connectivity index (χ4v) is 3.82. The lowest BCUT2D eigenvalue weighted by molar-refractivity contribution is -0.150. The second-order valence-corrected chi connectivity index (χ2v) is 7.49. The molecule has 2 aliphatic heterocycles. The molecule has 134 valence electrons. The molecule has 0 atom stereocenters. The number of rotatable bonds is 8. The van der Waals surface area contributed by atoms with E-state index in [0.29, 0.717) is 0 Å². The molecule has 1 N–H and O–H groups in total. The first-order valence-corrected chi connectivity index (χ1v) is 9.36. The number of aliphatic hydroxyl groups is 1. The second-order valence-electron chi connectivity index (χ2n) is 7.49. The van der Waals surface area contributed by atoms with Crippen LogP contribution < -0.4 is 4.74 Å². The minimum Gasteiger partial charge on any atom is -0.494 e. The molecule has 2 aliphatic rings. The van der Waals surface area contributed by atoms with E-state index in [1.165, 1.54) is 24.8 Å². The van der Waals surface area contributed by atoms with Gasteiger partial charge in [-0.3, -0.25) is 0 Å². The average molecular weight is 333 g/mol. The van der Waals surface area contributed by atoms with Gasteiger partial charge in [0.05, 0.1) is 31.8 Å². The molecule has 2 saturated heterocycles. The molecule has 3 rings (SSSR count). The minimum atomic E-state index is 0.0230. The van der Waals surface area contributed by atoms with Gasteiger partial charge in [0.15, 0.2) is 0 Å². The predicted molar refractivity (Wildman–Crippen MR) is 95.4 cm³/mol. The Morgan fingerprint density at radius 1 is 1.21 bits per heavy atom. The van der Waals surface area contributed by atoms with Crippen LogP contribution in [0.25, 0.3) is 0 Å². The molecule has 24 heavy (non-hydrogen) atoms. The predicted octanol–water partition coefficient (Wildman–Crippen LogP) is 2.74. The molecule has 0 spiro atoms. The van der Waals surface area contributed by atoms with E-state index in [0.717, 1.165) is 57.5 Å². The number of hydrogen-bond donors (Lipinski definition) is 1. The zero-order valence-electron chi connectivity index (χ0n) is 14.9. The number of hydrogen-bond acceptors (Lipinski definition) is 4. The summed E-state index contributed by atoms with van der Waals surface area (Å²) in [5.41, 5.74) is 1.43. The molecule has 4 nitrogen and oxygen atoms in total. The van der Waals surface area contributed by atoms with Crippen molar-refractivity contribution in [3.63, 3.8) is 0 Å². The fraction of sp³-hybridized carbons (Fsp3) is 0.700. The Morgan fingerprint density at radius 2 is 1.92 bits per heavy atom. The highest BCUT2D eigenvalue weighted by atomic mass is 16.5. The van der Waals surface area contributed by atoms with Crippen LogP contribution in [0.2, 0.25) is 0 Å². The van der Waals surface area contributed by atoms with E-state index in [9.17, 15) is 5.11 Å². The number of benzene rings is 1. The maximum atomic E-state index is 9.57. The van der Waals surface area contributed by atoms with Crippen molar-refractivity contribution in [1.82, 2.24) is 4.90 Å². The van der Waals surface area contributed by atoms with Crippen LogP contribution in [0.3, 0.4) is 0 Å². The maximum Gasteiger partial charge on any atom is 0.119 e. The monoisotopic (exact) mass is 333 g/mol. The zero-order valence-corrected chi connectivity index (χ0v) is 14.9. The van der Waals surface area contributed by atoms with Gasteiger partial charge in [0.1, 0.15) is 5.75 Å². The van der Waals surface area contributed by atoms with E-state index in [-0.39, 0.29) is 12.0 Å². The molecule has 0 saturated carbocycles. The van der Waals surface area contributed by atoms with Gasteiger partial charge in [-0.15, -0.1) is 0 Å². The van der Waals surface area contributed by atoms with E-state index >= 15 is 0 Å². The van der Waals surface area contributed by atoms with Gasteiger partial charge < -0.3 is 19.5 Å². The van der Waals surface area contributed by atoms with Gasteiger partial charge in [-0.25, -0.2) is 0 Å². The first kappa shape index (κ1) is 17.7. The molecular formula is C20H31NO3. The molecule has 1 aromatic carbocycles. The number of aryl methyl sites for hydroxylation is 1. The average Bonchev–Trinajstić information content (AvgIpc) is 2.59. The molecule has 0 amide bonds. The normalized spacial score (nSPS) is 21.4. The second kappa shape index (κ2) is 8.32. The van der Waals surface area contributed by atoms with Gasteiger partial charge >= 0.3 is 0 Å². The number of ether oxygens (including phenoxy) is 2. The van der Waals surface area contributed by atoms with E-state index in [1.54, 1.807) is 0 Å². The van der Waals surface area contributed by atoms with Crippen molar-refractivity contribution in [2.24, 2.45) is 11.3 Å². The van der Waals surface area contributed by atoms with Crippen LogP contribution in [0.5, 0.6) is 5.75 Å². The van der Waals surface area contributed by atoms with Crippen LogP contribution >= 0.6 is 0 Å². The highest BCUT2D eigenvalue weighted by Crippen LogP contribution is 2.30. The molecule has 0 radical (unpaired) electrons. The third-order valence-electron chi connectivity index (χ3n) is 5.49. The molecule has 2 fully saturated rings. The van der Waals surface area contributed by atoms with Crippen molar-refractivity contribution in [3.05, 3.63) is 29.8 Å². The van der Waals surface area contributed by atoms with E-state index in [2.05, 4.69) is 29.2 Å². The SMILES string of the molecule is CCOc1ccc(CCC2CCN(CC3(CO)COC3)CC2)cc1. The van der Waals surface area contributed by atoms with Crippen molar-refractivity contribution >= 4 is 0 Å². The molecule has 2 heterocycles. The molecule has 0 unspecified atom stereocenters. The third-order valence-corrected chi connectivity index (χ3v) is 5.49. The topological polar surface area (TPSA) is 41.9 Å². The first-order chi connectivity index (χ1) is 11.7. The summed E-state index contributed by atoms with van der Waals surface area (Å²) in [5, 5.41) is 9.57. The maximum absolute atomic E-state index is 9.57. The van der Waals surface area contributed by atoms with E-state index in [4.69, 9.17) is 9.47 Å². The fourth-order valence-electron chi connectivity index (χ4n) is 3.82. The Hall–Kier alpha value is -1.10. The van der Waals surface area contributed by atoms with Crippen molar-refractivity contribution in [2.45, 2.75) is 32.6 Å². The van der Waals surface area contributed by atoms with Crippen LogP contribution in [-0.4, -0.2) is 56.1 Å². The minimum absolute atomic E-state index is 0.0230. The summed E-state index contributed by atoms with van der Waals surface area (Å²) in [7, 11) is 0. The largest absolute Gasteiger partial charge is 0.494 e. The highest BCUT2D eigenvalue weighted by Gasteiger charge is 2.40. The third kappa shape index (κ3) is 4.50. The summed E-state index contributed by atoms with van der Waals surface area (Å²) >= 11 is 0. The van der Waals surface area contributed by atoms with Crippen LogP contribution in [0.4, 0.5) is 0 Å². The summed E-state index contributed by atoms with van der Waals surface area (Å²) < 4.78 is 10.8. The smallest absolute Gasteiger partial charge is 0.119 e. The summed E-state index contributed by atoms with van der Waals surface area (Å²) in [6.45, 7) is 7.76. The molecule has 0 aliphatic carbocycles. The van der Waals surface area contributed by atoms with Gasteiger partial charge in [-0.1, -0.05) is 12.1 Å². The highest BCUT2D eigenvalue weighted by molar-refractivity contribution is 5.27. The Bertz CT molecular complexity index is 485. The van der Waals surface area contributed by atoms with E-state index in [1.807, 2.05) is 6.92 Å². The molecular weight excluding hydrogens is 302 g/mol. The van der Waals surface area contributed by atoms with Crippen LogP contribution in [-0.2, 0) is 11.2 Å². The van der Waals surface area contributed by atoms with Gasteiger partial charge in [0.25, 0.3) is 0 Å². The quantitative estimate of drug-likeness (QED) is 0.794. The number of likely N-dealkylation sites (tertiary alicyclic amines) is 1. The Balaban J connectivity index is 1.37.